The number of aromatic nitrogens is 2. The second-order valence-corrected chi connectivity index (χ2v) is 9.99. The average molecular weight is 480 g/mol. The molecule has 0 unspecified atom stereocenters. The Hall–Kier alpha value is -2.09. The van der Waals surface area contributed by atoms with Gasteiger partial charge in [-0.2, -0.15) is 22.4 Å². The maximum atomic E-state index is 14.2. The third kappa shape index (κ3) is 4.02. The van der Waals surface area contributed by atoms with E-state index in [-0.39, 0.29) is 25.1 Å². The molecule has 2 aliphatic rings. The summed E-state index contributed by atoms with van der Waals surface area (Å²) in [6, 6.07) is 0.226. The summed E-state index contributed by atoms with van der Waals surface area (Å²) in [6.07, 6.45) is -7.79. The van der Waals surface area contributed by atoms with Crippen LogP contribution in [0.4, 0.5) is 22.0 Å². The lowest BCUT2D eigenvalue weighted by atomic mass is 9.89. The highest BCUT2D eigenvalue weighted by atomic mass is 32.2. The van der Waals surface area contributed by atoms with Gasteiger partial charge in [-0.15, -0.1) is 0 Å². The first-order valence-electron chi connectivity index (χ1n) is 9.72. The summed E-state index contributed by atoms with van der Waals surface area (Å²) in [4.78, 5) is 1.48. The van der Waals surface area contributed by atoms with Crippen LogP contribution in [0.5, 0.6) is 0 Å². The van der Waals surface area contributed by atoms with Crippen LogP contribution in [0.25, 0.3) is 0 Å². The van der Waals surface area contributed by atoms with Crippen LogP contribution < -0.4 is 5.73 Å². The van der Waals surface area contributed by atoms with Gasteiger partial charge in [-0.3, -0.25) is 4.90 Å². The third-order valence-electron chi connectivity index (χ3n) is 5.91. The predicted octanol–water partition coefficient (Wildman–Crippen LogP) is 2.38. The van der Waals surface area contributed by atoms with Gasteiger partial charge >= 0.3 is 6.18 Å². The Morgan fingerprint density at radius 2 is 1.91 bits per heavy atom. The van der Waals surface area contributed by atoms with Gasteiger partial charge in [0, 0.05) is 36.3 Å². The van der Waals surface area contributed by atoms with E-state index in [0.717, 1.165) is 28.5 Å². The van der Waals surface area contributed by atoms with E-state index >= 15 is 0 Å². The van der Waals surface area contributed by atoms with Crippen molar-refractivity contribution in [3.8, 4) is 0 Å². The fraction of sp³-hybridized carbons (Fsp3) is 0.526. The van der Waals surface area contributed by atoms with E-state index in [0.29, 0.717) is 17.0 Å². The molecule has 0 aliphatic carbocycles. The first-order chi connectivity index (χ1) is 14.8. The van der Waals surface area contributed by atoms with E-state index < -0.39 is 52.1 Å². The number of fused-ring (bicyclic) bond motifs is 1. The minimum absolute atomic E-state index is 0.0228. The lowest BCUT2D eigenvalue weighted by Crippen LogP contribution is -2.58. The SMILES string of the molecule is Cc1c2c(nn1S(C)(=O)=O)CN([C@@H]1C[C@H](N)[C@@H](c3cc(F)ccc3F)O[C@H]1C(F)(F)F)C2. The monoisotopic (exact) mass is 480 g/mol. The maximum Gasteiger partial charge on any atom is 0.416 e. The lowest BCUT2D eigenvalue weighted by molar-refractivity contribution is -0.269. The van der Waals surface area contributed by atoms with Gasteiger partial charge in [0.15, 0.2) is 6.10 Å². The molecule has 2 N–H and O–H groups in total. The Bertz CT molecular complexity index is 1150. The number of ether oxygens (including phenoxy) is 1. The van der Waals surface area contributed by atoms with Gasteiger partial charge in [0.2, 0.25) is 0 Å². The number of hydrogen-bond donors (Lipinski definition) is 1. The molecule has 4 atom stereocenters. The van der Waals surface area contributed by atoms with Crippen molar-refractivity contribution in [2.24, 2.45) is 5.73 Å². The number of hydrogen-bond acceptors (Lipinski definition) is 6. The molecule has 1 saturated heterocycles. The summed E-state index contributed by atoms with van der Waals surface area (Å²) in [6.45, 7) is 1.54. The normalized spacial score (nSPS) is 27.0. The largest absolute Gasteiger partial charge is 0.416 e. The molecule has 176 valence electrons. The van der Waals surface area contributed by atoms with E-state index in [1.807, 2.05) is 0 Å². The molecule has 2 aliphatic heterocycles. The third-order valence-corrected chi connectivity index (χ3v) is 6.90. The molecule has 32 heavy (non-hydrogen) atoms. The minimum atomic E-state index is -4.80. The highest BCUT2D eigenvalue weighted by Crippen LogP contribution is 2.42. The second-order valence-electron chi connectivity index (χ2n) is 8.17. The quantitative estimate of drug-likeness (QED) is 0.679. The van der Waals surface area contributed by atoms with Crippen molar-refractivity contribution in [3.63, 3.8) is 0 Å². The van der Waals surface area contributed by atoms with Gasteiger partial charge in [-0.05, 0) is 31.5 Å². The molecule has 0 amide bonds. The molecule has 0 saturated carbocycles. The Kier molecular flexibility index (Phi) is 5.59. The summed E-state index contributed by atoms with van der Waals surface area (Å²) in [7, 11) is -3.65. The van der Waals surface area contributed by atoms with Crippen LogP contribution in [0.2, 0.25) is 0 Å². The van der Waals surface area contributed by atoms with Gasteiger partial charge in [-0.1, -0.05) is 0 Å². The summed E-state index contributed by atoms with van der Waals surface area (Å²) in [5, 5.41) is 4.04. The van der Waals surface area contributed by atoms with Gasteiger partial charge in [0.1, 0.15) is 17.7 Å². The maximum absolute atomic E-state index is 14.2. The highest BCUT2D eigenvalue weighted by molar-refractivity contribution is 7.89. The van der Waals surface area contributed by atoms with E-state index in [2.05, 4.69) is 5.10 Å². The molecule has 1 fully saturated rings. The van der Waals surface area contributed by atoms with Crippen LogP contribution in [0.15, 0.2) is 18.2 Å². The minimum Gasteiger partial charge on any atom is -0.357 e. The zero-order chi connectivity index (χ0) is 23.6. The van der Waals surface area contributed by atoms with Crippen LogP contribution in [0.1, 0.15) is 35.0 Å². The summed E-state index contributed by atoms with van der Waals surface area (Å²) in [5.41, 5.74) is 6.93. The second kappa shape index (κ2) is 7.75. The first-order valence-corrected chi connectivity index (χ1v) is 11.6. The van der Waals surface area contributed by atoms with Crippen molar-refractivity contribution in [1.82, 2.24) is 14.1 Å². The molecule has 0 spiro atoms. The van der Waals surface area contributed by atoms with Crippen molar-refractivity contribution in [1.29, 1.82) is 0 Å². The van der Waals surface area contributed by atoms with Crippen LogP contribution in [-0.2, 0) is 27.8 Å². The Labute approximate surface area is 181 Å². The summed E-state index contributed by atoms with van der Waals surface area (Å²) < 4.78 is 99.4. The molecule has 0 radical (unpaired) electrons. The molecule has 2 aromatic rings. The van der Waals surface area contributed by atoms with Gasteiger partial charge in [-0.25, -0.2) is 17.2 Å². The molecule has 1 aromatic heterocycles. The van der Waals surface area contributed by atoms with Crippen LogP contribution in [0.3, 0.4) is 0 Å². The summed E-state index contributed by atoms with van der Waals surface area (Å²) in [5.74, 6) is -1.72. The fourth-order valence-corrected chi connectivity index (χ4v) is 5.31. The smallest absolute Gasteiger partial charge is 0.357 e. The molecular weight excluding hydrogens is 459 g/mol. The molecule has 4 rings (SSSR count). The molecule has 13 heteroatoms. The number of nitrogens with two attached hydrogens (primary N) is 1. The van der Waals surface area contributed by atoms with Gasteiger partial charge in [0.25, 0.3) is 10.0 Å². The molecule has 7 nitrogen and oxygen atoms in total. The van der Waals surface area contributed by atoms with Crippen LogP contribution >= 0.6 is 0 Å². The van der Waals surface area contributed by atoms with Crippen molar-refractivity contribution in [2.45, 2.75) is 56.9 Å². The molecule has 1 aromatic carbocycles. The van der Waals surface area contributed by atoms with E-state index in [1.54, 1.807) is 0 Å². The topological polar surface area (TPSA) is 90.5 Å². The van der Waals surface area contributed by atoms with Gasteiger partial charge < -0.3 is 10.5 Å². The van der Waals surface area contributed by atoms with E-state index in [9.17, 15) is 30.4 Å². The number of alkyl halides is 3. The van der Waals surface area contributed by atoms with Crippen molar-refractivity contribution < 1.29 is 35.1 Å². The first kappa shape index (κ1) is 23.1. The van der Waals surface area contributed by atoms with Crippen LogP contribution in [0, 0.1) is 18.6 Å². The summed E-state index contributed by atoms with van der Waals surface area (Å²) >= 11 is 0. The van der Waals surface area contributed by atoms with Crippen molar-refractivity contribution in [3.05, 3.63) is 52.3 Å². The average Bonchev–Trinajstić information content (AvgIpc) is 3.22. The highest BCUT2D eigenvalue weighted by Gasteiger charge is 2.54. The standard InChI is InChI=1S/C19H21F5N4O3S/c1-9-12-7-27(8-15(12)26-28(9)32(2,29)30)16-6-14(25)17(31-18(16)19(22,23)24)11-5-10(20)3-4-13(11)21/h3-5,14,16-18H,6-8,25H2,1-2H3/t14-,16+,17+,18+/m0/s1. The Balaban J connectivity index is 1.63. The fourth-order valence-electron chi connectivity index (χ4n) is 4.46. The Morgan fingerprint density at radius 3 is 2.50 bits per heavy atom. The van der Waals surface area contributed by atoms with Crippen molar-refractivity contribution in [2.75, 3.05) is 6.26 Å². The molecule has 3 heterocycles. The zero-order valence-corrected chi connectivity index (χ0v) is 17.9. The number of benzene rings is 1. The van der Waals surface area contributed by atoms with Crippen molar-refractivity contribution >= 4 is 10.0 Å². The number of rotatable bonds is 3. The lowest BCUT2D eigenvalue weighted by Gasteiger charge is -2.44. The van der Waals surface area contributed by atoms with Crippen LogP contribution in [-0.4, -0.2) is 53.1 Å². The zero-order valence-electron chi connectivity index (χ0n) is 17.1. The van der Waals surface area contributed by atoms with E-state index in [4.69, 9.17) is 10.5 Å². The molecular formula is C19H21F5N4O3S. The van der Waals surface area contributed by atoms with E-state index in [1.165, 1.54) is 11.8 Å². The number of halogens is 5. The van der Waals surface area contributed by atoms with Gasteiger partial charge in [0.05, 0.1) is 17.6 Å². The Morgan fingerprint density at radius 1 is 1.22 bits per heavy atom. The number of nitrogens with zero attached hydrogens (tertiary/aromatic N) is 3. The molecule has 0 bridgehead atoms. The predicted molar refractivity (Wildman–Crippen MR) is 103 cm³/mol.